The number of amides is 1. The van der Waals surface area contributed by atoms with E-state index in [1.165, 1.54) is 0 Å². The van der Waals surface area contributed by atoms with Gasteiger partial charge in [0.2, 0.25) is 5.91 Å². The molecular weight excluding hydrogens is 388 g/mol. The van der Waals surface area contributed by atoms with Crippen LogP contribution in [0.25, 0.3) is 0 Å². The number of piperidine rings is 1. The Labute approximate surface area is 173 Å². The summed E-state index contributed by atoms with van der Waals surface area (Å²) in [5.41, 5.74) is 0.606. The van der Waals surface area contributed by atoms with Gasteiger partial charge in [0, 0.05) is 37.8 Å². The lowest BCUT2D eigenvalue weighted by atomic mass is 10.0. The first-order valence-electron chi connectivity index (χ1n) is 10.6. The molecule has 7 nitrogen and oxygen atoms in total. The van der Waals surface area contributed by atoms with Gasteiger partial charge in [-0.25, -0.2) is 0 Å². The number of sulfonamides is 1. The third kappa shape index (κ3) is 4.19. The lowest BCUT2D eigenvalue weighted by Gasteiger charge is -2.34. The van der Waals surface area contributed by atoms with E-state index in [0.717, 1.165) is 45.3 Å². The number of nitrogens with one attached hydrogen (secondary N) is 1. The maximum atomic E-state index is 13.0. The fourth-order valence-corrected chi connectivity index (χ4v) is 5.88. The summed E-state index contributed by atoms with van der Waals surface area (Å²) in [6.45, 7) is 8.23. The molecule has 3 aliphatic rings. The Hall–Kier alpha value is -1.93. The van der Waals surface area contributed by atoms with Crippen LogP contribution in [0.3, 0.4) is 0 Å². The summed E-state index contributed by atoms with van der Waals surface area (Å²) >= 11 is 0. The van der Waals surface area contributed by atoms with E-state index in [2.05, 4.69) is 28.5 Å². The number of carbonyl (C=O) groups excluding carboxylic acids is 1. The Balaban J connectivity index is 1.43. The molecule has 0 saturated carbocycles. The summed E-state index contributed by atoms with van der Waals surface area (Å²) in [5, 5.41) is 3.22. The van der Waals surface area contributed by atoms with E-state index in [4.69, 9.17) is 0 Å². The van der Waals surface area contributed by atoms with Gasteiger partial charge in [0.05, 0.1) is 0 Å². The summed E-state index contributed by atoms with van der Waals surface area (Å²) in [6.07, 6.45) is 3.50. The summed E-state index contributed by atoms with van der Waals surface area (Å²) in [7, 11) is -3.68. The lowest BCUT2D eigenvalue weighted by Crippen LogP contribution is -2.51. The van der Waals surface area contributed by atoms with Crippen LogP contribution in [-0.2, 0) is 14.8 Å². The second-order valence-corrected chi connectivity index (χ2v) is 10.3. The highest BCUT2D eigenvalue weighted by atomic mass is 32.2. The second-order valence-electron chi connectivity index (χ2n) is 8.71. The number of rotatable bonds is 4. The van der Waals surface area contributed by atoms with Crippen LogP contribution in [0.15, 0.2) is 33.6 Å². The van der Waals surface area contributed by atoms with Gasteiger partial charge in [0.15, 0.2) is 5.84 Å². The first kappa shape index (κ1) is 20.3. The molecule has 2 saturated heterocycles. The molecule has 158 valence electrons. The van der Waals surface area contributed by atoms with Crippen molar-refractivity contribution in [3.8, 4) is 0 Å². The zero-order valence-electron chi connectivity index (χ0n) is 17.2. The van der Waals surface area contributed by atoms with E-state index in [1.807, 2.05) is 11.0 Å². The SMILES string of the molecule is CC(C)CN1CCC(NC(=O)[C@@H]2CCCN2C2=NS(=O)(=O)c3ccccc32)CC1. The Bertz CT molecular complexity index is 904. The van der Waals surface area contributed by atoms with E-state index >= 15 is 0 Å². The van der Waals surface area contributed by atoms with Gasteiger partial charge in [-0.3, -0.25) is 4.79 Å². The number of likely N-dealkylation sites (tertiary alicyclic amines) is 2. The molecule has 0 aliphatic carbocycles. The number of hydrogen-bond donors (Lipinski definition) is 1. The van der Waals surface area contributed by atoms with Crippen molar-refractivity contribution in [2.75, 3.05) is 26.2 Å². The number of carbonyl (C=O) groups is 1. The van der Waals surface area contributed by atoms with Crippen molar-refractivity contribution < 1.29 is 13.2 Å². The molecule has 3 aliphatic heterocycles. The van der Waals surface area contributed by atoms with Crippen LogP contribution in [0.2, 0.25) is 0 Å². The average molecular weight is 419 g/mol. The van der Waals surface area contributed by atoms with Crippen molar-refractivity contribution in [3.63, 3.8) is 0 Å². The van der Waals surface area contributed by atoms with Crippen LogP contribution in [0.5, 0.6) is 0 Å². The normalized spacial score (nSPS) is 24.6. The van der Waals surface area contributed by atoms with Gasteiger partial charge in [-0.05, 0) is 43.7 Å². The Morgan fingerprint density at radius 3 is 2.62 bits per heavy atom. The lowest BCUT2D eigenvalue weighted by molar-refractivity contribution is -0.125. The highest BCUT2D eigenvalue weighted by molar-refractivity contribution is 7.90. The third-order valence-corrected chi connectivity index (χ3v) is 7.32. The standard InChI is InChI=1S/C21H30N4O3S/c1-15(2)14-24-12-9-16(10-13-24)22-21(26)18-7-5-11-25(18)20-17-6-3-4-8-19(17)29(27,28)23-20/h3-4,6,8,15-16,18H,5,7,9-14H2,1-2H3,(H,22,26)/t18-/m0/s1. The maximum Gasteiger partial charge on any atom is 0.285 e. The zero-order valence-corrected chi connectivity index (χ0v) is 18.0. The molecule has 0 radical (unpaired) electrons. The van der Waals surface area contributed by atoms with Crippen LogP contribution in [0, 0.1) is 5.92 Å². The molecule has 0 aromatic heterocycles. The van der Waals surface area contributed by atoms with Gasteiger partial charge in [-0.2, -0.15) is 8.42 Å². The van der Waals surface area contributed by atoms with Gasteiger partial charge in [0.1, 0.15) is 10.9 Å². The third-order valence-electron chi connectivity index (χ3n) is 6.00. The Morgan fingerprint density at radius 1 is 1.17 bits per heavy atom. The van der Waals surface area contributed by atoms with E-state index in [1.54, 1.807) is 18.2 Å². The number of nitrogens with zero attached hydrogens (tertiary/aromatic N) is 3. The highest BCUT2D eigenvalue weighted by Crippen LogP contribution is 2.31. The van der Waals surface area contributed by atoms with Crippen molar-refractivity contribution >= 4 is 21.8 Å². The fraction of sp³-hybridized carbons (Fsp3) is 0.619. The minimum atomic E-state index is -3.68. The average Bonchev–Trinajstić information content (AvgIpc) is 3.26. The van der Waals surface area contributed by atoms with E-state index in [0.29, 0.717) is 23.9 Å². The van der Waals surface area contributed by atoms with Crippen LogP contribution in [0.1, 0.15) is 45.1 Å². The van der Waals surface area contributed by atoms with Crippen molar-refractivity contribution in [1.82, 2.24) is 15.1 Å². The second kappa shape index (κ2) is 8.07. The molecule has 0 bridgehead atoms. The molecule has 1 aromatic rings. The van der Waals surface area contributed by atoms with Crippen molar-refractivity contribution in [1.29, 1.82) is 0 Å². The van der Waals surface area contributed by atoms with Crippen LogP contribution in [-0.4, -0.2) is 68.2 Å². The number of fused-ring (bicyclic) bond motifs is 1. The van der Waals surface area contributed by atoms with E-state index < -0.39 is 10.0 Å². The van der Waals surface area contributed by atoms with Gasteiger partial charge in [-0.15, -0.1) is 4.40 Å². The van der Waals surface area contributed by atoms with E-state index in [9.17, 15) is 13.2 Å². The molecule has 0 spiro atoms. The Kier molecular flexibility index (Phi) is 5.66. The molecule has 4 rings (SSSR count). The largest absolute Gasteiger partial charge is 0.351 e. The minimum absolute atomic E-state index is 0.00529. The number of hydrogen-bond acceptors (Lipinski definition) is 5. The molecular formula is C21H30N4O3S. The van der Waals surface area contributed by atoms with Gasteiger partial charge in [0.25, 0.3) is 10.0 Å². The maximum absolute atomic E-state index is 13.0. The van der Waals surface area contributed by atoms with Crippen molar-refractivity contribution in [3.05, 3.63) is 29.8 Å². The highest BCUT2D eigenvalue weighted by Gasteiger charge is 2.39. The van der Waals surface area contributed by atoms with Gasteiger partial charge >= 0.3 is 0 Å². The molecule has 29 heavy (non-hydrogen) atoms. The topological polar surface area (TPSA) is 82.1 Å². The molecule has 2 fully saturated rings. The van der Waals surface area contributed by atoms with Gasteiger partial charge in [-0.1, -0.05) is 26.0 Å². The van der Waals surface area contributed by atoms with Crippen molar-refractivity contribution in [2.24, 2.45) is 10.3 Å². The number of amidine groups is 1. The first-order chi connectivity index (χ1) is 13.8. The molecule has 1 atom stereocenters. The smallest absolute Gasteiger partial charge is 0.285 e. The molecule has 0 unspecified atom stereocenters. The van der Waals surface area contributed by atoms with Crippen LogP contribution in [0.4, 0.5) is 0 Å². The van der Waals surface area contributed by atoms with E-state index in [-0.39, 0.29) is 22.9 Å². The summed E-state index contributed by atoms with van der Waals surface area (Å²) in [5.74, 6) is 1.07. The first-order valence-corrected chi connectivity index (χ1v) is 12.0. The minimum Gasteiger partial charge on any atom is -0.351 e. The Morgan fingerprint density at radius 2 is 1.90 bits per heavy atom. The molecule has 1 N–H and O–H groups in total. The summed E-state index contributed by atoms with van der Waals surface area (Å²) in [6, 6.07) is 6.70. The van der Waals surface area contributed by atoms with Crippen molar-refractivity contribution in [2.45, 2.75) is 56.5 Å². The number of benzene rings is 1. The molecule has 1 amide bonds. The monoisotopic (exact) mass is 418 g/mol. The summed E-state index contributed by atoms with van der Waals surface area (Å²) in [4.78, 5) is 17.6. The van der Waals surface area contributed by atoms with Crippen LogP contribution < -0.4 is 5.32 Å². The fourth-order valence-electron chi connectivity index (χ4n) is 4.66. The predicted molar refractivity (Wildman–Crippen MR) is 112 cm³/mol. The molecule has 1 aromatic carbocycles. The molecule has 8 heteroatoms. The molecule has 3 heterocycles. The van der Waals surface area contributed by atoms with Gasteiger partial charge < -0.3 is 15.1 Å². The summed E-state index contributed by atoms with van der Waals surface area (Å²) < 4.78 is 28.8. The zero-order chi connectivity index (χ0) is 20.6. The van der Waals surface area contributed by atoms with Crippen LogP contribution >= 0.6 is 0 Å². The quantitative estimate of drug-likeness (QED) is 0.807. The predicted octanol–water partition coefficient (Wildman–Crippen LogP) is 1.84.